The summed E-state index contributed by atoms with van der Waals surface area (Å²) in [4.78, 5) is 38.3. The largest absolute Gasteiger partial charge is 0.354 e. The summed E-state index contributed by atoms with van der Waals surface area (Å²) in [5.41, 5.74) is 1.37. The molecule has 1 saturated heterocycles. The fourth-order valence-corrected chi connectivity index (χ4v) is 5.11. The second kappa shape index (κ2) is 9.31. The first-order valence-corrected chi connectivity index (χ1v) is 11.9. The zero-order chi connectivity index (χ0) is 23.6. The molecular weight excluding hydrogens is 456 g/mol. The van der Waals surface area contributed by atoms with E-state index in [1.807, 2.05) is 0 Å². The highest BCUT2D eigenvalue weighted by atomic mass is 35.5. The molecular formula is C20H23ClN6O4S. The smallest absolute Gasteiger partial charge is 0.269 e. The normalized spacial score (nSPS) is 19.4. The van der Waals surface area contributed by atoms with Crippen molar-refractivity contribution in [2.24, 2.45) is 0 Å². The summed E-state index contributed by atoms with van der Waals surface area (Å²) >= 11 is 6.29. The maximum absolute atomic E-state index is 12.5. The third kappa shape index (κ3) is 4.79. The number of hydrogen-bond donors (Lipinski definition) is 1. The van der Waals surface area contributed by atoms with E-state index in [1.54, 1.807) is 24.0 Å². The Labute approximate surface area is 191 Å². The molecule has 2 aromatic heterocycles. The van der Waals surface area contributed by atoms with Gasteiger partial charge in [-0.3, -0.25) is 9.59 Å². The van der Waals surface area contributed by atoms with Crippen LogP contribution in [0.15, 0.2) is 37.2 Å². The van der Waals surface area contributed by atoms with Crippen molar-refractivity contribution in [1.82, 2.24) is 29.5 Å². The zero-order valence-electron chi connectivity index (χ0n) is 17.8. The van der Waals surface area contributed by atoms with Gasteiger partial charge in [-0.1, -0.05) is 18.2 Å². The maximum Gasteiger partial charge on any atom is 0.269 e. The molecule has 1 fully saturated rings. The third-order valence-electron chi connectivity index (χ3n) is 5.25. The summed E-state index contributed by atoms with van der Waals surface area (Å²) in [5.74, 6) is -0.680. The first kappa shape index (κ1) is 23.8. The van der Waals surface area contributed by atoms with Gasteiger partial charge in [0.05, 0.1) is 23.7 Å². The van der Waals surface area contributed by atoms with Crippen molar-refractivity contribution in [1.29, 1.82) is 0 Å². The van der Waals surface area contributed by atoms with E-state index in [1.165, 1.54) is 29.8 Å². The Balaban J connectivity index is 2.12. The first-order valence-electron chi connectivity index (χ1n) is 9.68. The number of rotatable bonds is 5. The lowest BCUT2D eigenvalue weighted by molar-refractivity contribution is -0.131. The molecule has 2 atom stereocenters. The van der Waals surface area contributed by atoms with E-state index in [0.717, 1.165) is 6.26 Å². The van der Waals surface area contributed by atoms with Crippen LogP contribution in [-0.2, 0) is 14.8 Å². The molecule has 0 saturated carbocycles. The molecule has 1 aliphatic rings. The average Bonchev–Trinajstić information content (AvgIpc) is 2.76. The number of carbonyl (C=O) groups excluding carboxylic acids is 2. The van der Waals surface area contributed by atoms with Gasteiger partial charge in [0.2, 0.25) is 15.9 Å². The minimum Gasteiger partial charge on any atom is -0.354 e. The number of halogens is 1. The van der Waals surface area contributed by atoms with Gasteiger partial charge >= 0.3 is 0 Å². The second-order valence-corrected chi connectivity index (χ2v) is 9.59. The SMILES string of the molecule is C=CC(=O)N1CCN(S(C)(=O)=O)C(c2cc(Cl)nc(-c3cc(C(=O)NC)ncn3)c2)[C@@H]1C. The lowest BCUT2D eigenvalue weighted by atomic mass is 9.96. The number of nitrogens with zero attached hydrogens (tertiary/aromatic N) is 5. The molecule has 2 amide bonds. The van der Waals surface area contributed by atoms with Crippen molar-refractivity contribution in [2.45, 2.75) is 19.0 Å². The van der Waals surface area contributed by atoms with E-state index < -0.39 is 28.0 Å². The van der Waals surface area contributed by atoms with Crippen LogP contribution in [0.2, 0.25) is 5.15 Å². The summed E-state index contributed by atoms with van der Waals surface area (Å²) < 4.78 is 26.4. The molecule has 0 aromatic carbocycles. The lowest BCUT2D eigenvalue weighted by Crippen LogP contribution is -2.56. The molecule has 3 heterocycles. The highest BCUT2D eigenvalue weighted by Crippen LogP contribution is 2.35. The van der Waals surface area contributed by atoms with Gasteiger partial charge in [0.1, 0.15) is 17.2 Å². The van der Waals surface area contributed by atoms with E-state index >= 15 is 0 Å². The number of hydrogen-bond acceptors (Lipinski definition) is 7. The molecule has 2 aromatic rings. The highest BCUT2D eigenvalue weighted by Gasteiger charge is 2.40. The molecule has 12 heteroatoms. The summed E-state index contributed by atoms with van der Waals surface area (Å²) in [6, 6.07) is 3.48. The monoisotopic (exact) mass is 478 g/mol. The molecule has 1 aliphatic heterocycles. The lowest BCUT2D eigenvalue weighted by Gasteiger charge is -2.45. The molecule has 0 spiro atoms. The van der Waals surface area contributed by atoms with Crippen molar-refractivity contribution >= 4 is 33.4 Å². The molecule has 10 nitrogen and oxygen atoms in total. The molecule has 0 bridgehead atoms. The Morgan fingerprint density at radius 3 is 2.56 bits per heavy atom. The van der Waals surface area contributed by atoms with E-state index in [9.17, 15) is 18.0 Å². The van der Waals surface area contributed by atoms with Gasteiger partial charge in [-0.15, -0.1) is 0 Å². The van der Waals surface area contributed by atoms with E-state index in [-0.39, 0.29) is 29.8 Å². The number of carbonyl (C=O) groups is 2. The summed E-state index contributed by atoms with van der Waals surface area (Å²) in [7, 11) is -2.11. The Hall–Kier alpha value is -2.89. The van der Waals surface area contributed by atoms with Crippen molar-refractivity contribution in [3.63, 3.8) is 0 Å². The van der Waals surface area contributed by atoms with Crippen LogP contribution in [0.5, 0.6) is 0 Å². The number of sulfonamides is 1. The van der Waals surface area contributed by atoms with Crippen LogP contribution in [0.4, 0.5) is 0 Å². The molecule has 0 aliphatic carbocycles. The second-order valence-electron chi connectivity index (χ2n) is 7.27. The average molecular weight is 479 g/mol. The first-order chi connectivity index (χ1) is 15.1. The molecule has 0 radical (unpaired) electrons. The summed E-state index contributed by atoms with van der Waals surface area (Å²) in [6.45, 7) is 5.66. The minimum atomic E-state index is -3.60. The van der Waals surface area contributed by atoms with Crippen LogP contribution in [-0.4, -0.2) is 76.8 Å². The van der Waals surface area contributed by atoms with E-state index in [4.69, 9.17) is 11.6 Å². The summed E-state index contributed by atoms with van der Waals surface area (Å²) in [6.07, 6.45) is 3.57. The molecule has 3 rings (SSSR count). The standard InChI is InChI=1S/C20H23ClN6O4S/c1-5-18(28)26-6-7-27(32(4,30)31)19(12(26)2)13-8-15(25-17(21)9-13)14-10-16(20(29)22-3)24-11-23-14/h5,8-12,19H,1,6-7H2,2-4H3,(H,22,29)/t12-,19?/m0/s1. The van der Waals surface area contributed by atoms with Gasteiger partial charge in [0, 0.05) is 26.2 Å². The number of amides is 2. The van der Waals surface area contributed by atoms with Gasteiger partial charge in [0.25, 0.3) is 5.91 Å². The Morgan fingerprint density at radius 2 is 1.94 bits per heavy atom. The Bertz CT molecular complexity index is 1170. The predicted molar refractivity (Wildman–Crippen MR) is 119 cm³/mol. The van der Waals surface area contributed by atoms with Crippen LogP contribution in [0.1, 0.15) is 29.0 Å². The van der Waals surface area contributed by atoms with Crippen LogP contribution in [0, 0.1) is 0 Å². The molecule has 1 N–H and O–H groups in total. The van der Waals surface area contributed by atoms with Crippen LogP contribution >= 0.6 is 11.6 Å². The predicted octanol–water partition coefficient (Wildman–Crippen LogP) is 1.27. The number of aromatic nitrogens is 3. The summed E-state index contributed by atoms with van der Waals surface area (Å²) in [5, 5.41) is 2.61. The van der Waals surface area contributed by atoms with Gasteiger partial charge in [-0.05, 0) is 36.8 Å². The van der Waals surface area contributed by atoms with Gasteiger partial charge in [-0.25, -0.2) is 23.4 Å². The van der Waals surface area contributed by atoms with Crippen molar-refractivity contribution < 1.29 is 18.0 Å². The maximum atomic E-state index is 12.5. The van der Waals surface area contributed by atoms with Gasteiger partial charge < -0.3 is 10.2 Å². The fraction of sp³-hybridized carbons (Fsp3) is 0.350. The van der Waals surface area contributed by atoms with E-state index in [0.29, 0.717) is 17.0 Å². The molecule has 170 valence electrons. The highest BCUT2D eigenvalue weighted by molar-refractivity contribution is 7.88. The van der Waals surface area contributed by atoms with Crippen molar-refractivity contribution in [3.8, 4) is 11.4 Å². The number of piperazine rings is 1. The quantitative estimate of drug-likeness (QED) is 0.506. The Morgan fingerprint density at radius 1 is 1.22 bits per heavy atom. The van der Waals surface area contributed by atoms with Crippen molar-refractivity contribution in [2.75, 3.05) is 26.4 Å². The topological polar surface area (TPSA) is 125 Å². The zero-order valence-corrected chi connectivity index (χ0v) is 19.4. The van der Waals surface area contributed by atoms with Crippen LogP contribution in [0.25, 0.3) is 11.4 Å². The fourth-order valence-electron chi connectivity index (χ4n) is 3.77. The number of pyridine rings is 1. The number of nitrogens with one attached hydrogen (secondary N) is 1. The van der Waals surface area contributed by atoms with Crippen LogP contribution < -0.4 is 5.32 Å². The van der Waals surface area contributed by atoms with Crippen LogP contribution in [0.3, 0.4) is 0 Å². The van der Waals surface area contributed by atoms with Crippen molar-refractivity contribution in [3.05, 3.63) is 53.6 Å². The Kier molecular flexibility index (Phi) is 6.91. The van der Waals surface area contributed by atoms with Gasteiger partial charge in [0.15, 0.2) is 0 Å². The molecule has 32 heavy (non-hydrogen) atoms. The minimum absolute atomic E-state index is 0.116. The molecule has 1 unspecified atom stereocenters. The van der Waals surface area contributed by atoms with E-state index in [2.05, 4.69) is 26.8 Å². The van der Waals surface area contributed by atoms with Gasteiger partial charge in [-0.2, -0.15) is 4.31 Å². The third-order valence-corrected chi connectivity index (χ3v) is 6.71.